The first-order chi connectivity index (χ1) is 9.20. The lowest BCUT2D eigenvalue weighted by Crippen LogP contribution is -2.31. The summed E-state index contributed by atoms with van der Waals surface area (Å²) in [6, 6.07) is -0.0268. The van der Waals surface area contributed by atoms with E-state index in [9.17, 15) is 9.59 Å². The first kappa shape index (κ1) is 18.1. The molecule has 0 aromatic carbocycles. The van der Waals surface area contributed by atoms with E-state index >= 15 is 0 Å². The van der Waals surface area contributed by atoms with Gasteiger partial charge >= 0.3 is 5.97 Å². The fourth-order valence-corrected chi connectivity index (χ4v) is 2.05. The van der Waals surface area contributed by atoms with Crippen LogP contribution < -0.4 is 5.32 Å². The first-order valence-electron chi connectivity index (χ1n) is 7.61. The van der Waals surface area contributed by atoms with Crippen LogP contribution in [0.25, 0.3) is 0 Å². The van der Waals surface area contributed by atoms with Gasteiger partial charge in [-0.3, -0.25) is 4.79 Å². The molecule has 1 atom stereocenters. The molecule has 0 saturated carbocycles. The van der Waals surface area contributed by atoms with Crippen molar-refractivity contribution in [1.82, 2.24) is 5.32 Å². The van der Waals surface area contributed by atoms with Crippen molar-refractivity contribution < 1.29 is 14.7 Å². The summed E-state index contributed by atoms with van der Waals surface area (Å²) >= 11 is 0. The average molecular weight is 271 g/mol. The number of hydrogen-bond acceptors (Lipinski definition) is 3. The molecule has 0 aromatic rings. The molecule has 4 heteroatoms. The predicted molar refractivity (Wildman–Crippen MR) is 77.3 cm³/mol. The van der Waals surface area contributed by atoms with Crippen molar-refractivity contribution >= 4 is 12.3 Å². The molecule has 1 unspecified atom stereocenters. The molecular formula is C15H29NO3. The summed E-state index contributed by atoms with van der Waals surface area (Å²) in [5, 5.41) is 11.7. The third-order valence-electron chi connectivity index (χ3n) is 3.26. The quantitative estimate of drug-likeness (QED) is 0.376. The fraction of sp³-hybridized carbons (Fsp3) is 0.867. The zero-order chi connectivity index (χ0) is 14.3. The number of rotatable bonds is 14. The molecule has 0 aromatic heterocycles. The van der Waals surface area contributed by atoms with Crippen LogP contribution in [0.15, 0.2) is 0 Å². The van der Waals surface area contributed by atoms with E-state index in [1.54, 1.807) is 0 Å². The topological polar surface area (TPSA) is 66.4 Å². The smallest absolute Gasteiger partial charge is 0.303 e. The molecule has 0 aliphatic heterocycles. The van der Waals surface area contributed by atoms with Crippen LogP contribution in [0.5, 0.6) is 0 Å². The second kappa shape index (κ2) is 13.5. The van der Waals surface area contributed by atoms with E-state index in [4.69, 9.17) is 5.11 Å². The van der Waals surface area contributed by atoms with E-state index in [0.717, 1.165) is 44.9 Å². The van der Waals surface area contributed by atoms with Gasteiger partial charge in [-0.1, -0.05) is 45.4 Å². The average Bonchev–Trinajstić information content (AvgIpc) is 2.39. The normalized spacial score (nSPS) is 12.3. The number of nitrogens with one attached hydrogen (secondary N) is 1. The number of carboxylic acid groups (broad SMARTS) is 1. The second-order valence-electron chi connectivity index (χ2n) is 5.10. The van der Waals surface area contributed by atoms with Gasteiger partial charge < -0.3 is 15.2 Å². The minimum absolute atomic E-state index is 0.0268. The van der Waals surface area contributed by atoms with Gasteiger partial charge in [-0.05, 0) is 25.8 Å². The van der Waals surface area contributed by atoms with Crippen LogP contribution in [-0.2, 0) is 9.59 Å². The van der Waals surface area contributed by atoms with Crippen LogP contribution in [0.1, 0.15) is 71.1 Å². The SMILES string of the molecule is CCCCCCCC(C=O)NCCCCCC(=O)O. The Hall–Kier alpha value is -0.900. The number of aldehydes is 1. The van der Waals surface area contributed by atoms with Gasteiger partial charge in [0.1, 0.15) is 6.29 Å². The van der Waals surface area contributed by atoms with Crippen LogP contribution in [0.3, 0.4) is 0 Å². The van der Waals surface area contributed by atoms with Gasteiger partial charge in [-0.2, -0.15) is 0 Å². The summed E-state index contributed by atoms with van der Waals surface area (Å²) in [5.74, 6) is -0.731. The lowest BCUT2D eigenvalue weighted by molar-refractivity contribution is -0.137. The summed E-state index contributed by atoms with van der Waals surface area (Å²) in [4.78, 5) is 21.2. The van der Waals surface area contributed by atoms with Gasteiger partial charge in [-0.25, -0.2) is 0 Å². The number of aliphatic carboxylic acids is 1. The predicted octanol–water partition coefficient (Wildman–Crippen LogP) is 3.15. The van der Waals surface area contributed by atoms with Gasteiger partial charge in [-0.15, -0.1) is 0 Å². The minimum Gasteiger partial charge on any atom is -0.481 e. The summed E-state index contributed by atoms with van der Waals surface area (Å²) < 4.78 is 0. The number of carboxylic acids is 1. The Morgan fingerprint density at radius 2 is 1.79 bits per heavy atom. The minimum atomic E-state index is -0.731. The summed E-state index contributed by atoms with van der Waals surface area (Å²) in [7, 11) is 0. The molecular weight excluding hydrogens is 242 g/mol. The Kier molecular flexibility index (Phi) is 12.9. The van der Waals surface area contributed by atoms with Crippen LogP contribution in [0.2, 0.25) is 0 Å². The van der Waals surface area contributed by atoms with Crippen molar-refractivity contribution in [2.45, 2.75) is 77.2 Å². The number of hydrogen-bond donors (Lipinski definition) is 2. The van der Waals surface area contributed by atoms with E-state index in [-0.39, 0.29) is 12.5 Å². The summed E-state index contributed by atoms with van der Waals surface area (Å²) in [6.45, 7) is 3.00. The van der Waals surface area contributed by atoms with Gasteiger partial charge in [0.15, 0.2) is 0 Å². The van der Waals surface area contributed by atoms with Gasteiger partial charge in [0.25, 0.3) is 0 Å². The van der Waals surface area contributed by atoms with Crippen molar-refractivity contribution in [2.24, 2.45) is 0 Å². The van der Waals surface area contributed by atoms with Crippen molar-refractivity contribution in [3.63, 3.8) is 0 Å². The second-order valence-corrected chi connectivity index (χ2v) is 5.10. The van der Waals surface area contributed by atoms with E-state index in [0.29, 0.717) is 0 Å². The molecule has 2 N–H and O–H groups in total. The van der Waals surface area contributed by atoms with Crippen molar-refractivity contribution in [3.05, 3.63) is 0 Å². The Morgan fingerprint density at radius 3 is 2.42 bits per heavy atom. The molecule has 0 radical (unpaired) electrons. The molecule has 0 fully saturated rings. The molecule has 112 valence electrons. The molecule has 0 rings (SSSR count). The summed E-state index contributed by atoms with van der Waals surface area (Å²) in [6.07, 6.45) is 10.8. The zero-order valence-corrected chi connectivity index (χ0v) is 12.2. The number of carbonyl (C=O) groups excluding carboxylic acids is 1. The highest BCUT2D eigenvalue weighted by molar-refractivity contribution is 5.66. The van der Waals surface area contributed by atoms with E-state index in [1.807, 2.05) is 0 Å². The third-order valence-corrected chi connectivity index (χ3v) is 3.26. The highest BCUT2D eigenvalue weighted by Gasteiger charge is 2.05. The van der Waals surface area contributed by atoms with E-state index < -0.39 is 5.97 Å². The molecule has 0 bridgehead atoms. The maximum Gasteiger partial charge on any atom is 0.303 e. The van der Waals surface area contributed by atoms with E-state index in [2.05, 4.69) is 12.2 Å². The monoisotopic (exact) mass is 271 g/mol. The molecule has 0 saturated heterocycles. The highest BCUT2D eigenvalue weighted by atomic mass is 16.4. The van der Waals surface area contributed by atoms with Crippen LogP contribution in [-0.4, -0.2) is 29.9 Å². The molecule has 0 amide bonds. The molecule has 0 aliphatic rings. The standard InChI is InChI=1S/C15H29NO3/c1-2-3-4-5-7-10-14(13-17)16-12-9-6-8-11-15(18)19/h13-14,16H,2-12H2,1H3,(H,18,19). The van der Waals surface area contributed by atoms with Crippen molar-refractivity contribution in [2.75, 3.05) is 6.54 Å². The highest BCUT2D eigenvalue weighted by Crippen LogP contribution is 2.07. The molecule has 4 nitrogen and oxygen atoms in total. The zero-order valence-electron chi connectivity index (χ0n) is 12.2. The molecule has 0 spiro atoms. The number of unbranched alkanes of at least 4 members (excludes halogenated alkanes) is 6. The van der Waals surface area contributed by atoms with E-state index in [1.165, 1.54) is 25.7 Å². The van der Waals surface area contributed by atoms with Crippen LogP contribution in [0.4, 0.5) is 0 Å². The lowest BCUT2D eigenvalue weighted by Gasteiger charge is -2.12. The molecule has 0 heterocycles. The molecule has 0 aliphatic carbocycles. The maximum absolute atomic E-state index is 10.9. The largest absolute Gasteiger partial charge is 0.481 e. The Balaban J connectivity index is 3.38. The first-order valence-corrected chi connectivity index (χ1v) is 7.61. The van der Waals surface area contributed by atoms with Gasteiger partial charge in [0.05, 0.1) is 6.04 Å². The van der Waals surface area contributed by atoms with Crippen molar-refractivity contribution in [1.29, 1.82) is 0 Å². The van der Waals surface area contributed by atoms with Gasteiger partial charge in [0.2, 0.25) is 0 Å². The van der Waals surface area contributed by atoms with Gasteiger partial charge in [0, 0.05) is 6.42 Å². The van der Waals surface area contributed by atoms with Crippen LogP contribution in [0, 0.1) is 0 Å². The Morgan fingerprint density at radius 1 is 1.11 bits per heavy atom. The third kappa shape index (κ3) is 13.3. The fourth-order valence-electron chi connectivity index (χ4n) is 2.05. The lowest BCUT2D eigenvalue weighted by atomic mass is 10.1. The summed E-state index contributed by atoms with van der Waals surface area (Å²) in [5.41, 5.74) is 0. The van der Waals surface area contributed by atoms with Crippen LogP contribution >= 0.6 is 0 Å². The Labute approximate surface area is 117 Å². The molecule has 19 heavy (non-hydrogen) atoms. The Bertz CT molecular complexity index is 231. The number of carbonyl (C=O) groups is 2. The maximum atomic E-state index is 10.9. The van der Waals surface area contributed by atoms with Crippen molar-refractivity contribution in [3.8, 4) is 0 Å².